The maximum absolute atomic E-state index is 13.5. The molecule has 146 valence electrons. The van der Waals surface area contributed by atoms with Gasteiger partial charge in [0.25, 0.3) is 5.91 Å². The molecule has 3 heterocycles. The molecule has 0 saturated carbocycles. The first-order chi connectivity index (χ1) is 13.4. The Morgan fingerprint density at radius 1 is 1.18 bits per heavy atom. The van der Waals surface area contributed by atoms with E-state index in [0.717, 1.165) is 43.0 Å². The Morgan fingerprint density at radius 3 is 2.64 bits per heavy atom. The van der Waals surface area contributed by atoms with E-state index in [4.69, 9.17) is 0 Å². The molecule has 2 aromatic heterocycles. The van der Waals surface area contributed by atoms with E-state index in [-0.39, 0.29) is 17.8 Å². The van der Waals surface area contributed by atoms with Crippen molar-refractivity contribution in [1.82, 2.24) is 19.9 Å². The van der Waals surface area contributed by atoms with Crippen molar-refractivity contribution < 1.29 is 9.18 Å². The van der Waals surface area contributed by atoms with Crippen LogP contribution in [-0.4, -0.2) is 39.6 Å². The molecule has 1 saturated heterocycles. The molecule has 0 spiro atoms. The van der Waals surface area contributed by atoms with Crippen LogP contribution in [0.1, 0.15) is 40.3 Å². The zero-order valence-electron chi connectivity index (χ0n) is 16.4. The van der Waals surface area contributed by atoms with Crippen molar-refractivity contribution >= 4 is 17.2 Å². The molecule has 1 aromatic carbocycles. The Labute approximate surface area is 163 Å². The minimum atomic E-state index is -0.227. The number of halogens is 1. The molecule has 6 nitrogen and oxygen atoms in total. The van der Waals surface area contributed by atoms with Crippen LogP contribution in [0.15, 0.2) is 30.3 Å². The molecule has 28 heavy (non-hydrogen) atoms. The Balaban J connectivity index is 1.47. The molecular formula is C21H24FN5O. The fraction of sp³-hybridized carbons (Fsp3) is 0.381. The minimum absolute atomic E-state index is 0.0811. The number of carbonyl (C=O) groups excluding carboxylic acids is 1. The molecule has 0 atom stereocenters. The molecular weight excluding hydrogens is 357 g/mol. The summed E-state index contributed by atoms with van der Waals surface area (Å²) >= 11 is 0. The fourth-order valence-electron chi connectivity index (χ4n) is 3.91. The topological polar surface area (TPSA) is 62.5 Å². The second kappa shape index (κ2) is 7.22. The van der Waals surface area contributed by atoms with E-state index in [9.17, 15) is 9.18 Å². The molecule has 0 bridgehead atoms. The predicted octanol–water partition coefficient (Wildman–Crippen LogP) is 3.19. The fourth-order valence-corrected chi connectivity index (χ4v) is 3.91. The lowest BCUT2D eigenvalue weighted by molar-refractivity contribution is 0.0932. The quantitative estimate of drug-likeness (QED) is 0.757. The molecule has 0 unspecified atom stereocenters. The number of anilines is 1. The number of aromatic nitrogens is 3. The van der Waals surface area contributed by atoms with E-state index >= 15 is 0 Å². The van der Waals surface area contributed by atoms with Gasteiger partial charge in [-0.1, -0.05) is 6.07 Å². The van der Waals surface area contributed by atoms with Crippen LogP contribution in [0.5, 0.6) is 0 Å². The summed E-state index contributed by atoms with van der Waals surface area (Å²) in [4.78, 5) is 19.6. The van der Waals surface area contributed by atoms with Crippen molar-refractivity contribution in [3.8, 4) is 0 Å². The third kappa shape index (κ3) is 3.44. The maximum Gasteiger partial charge on any atom is 0.257 e. The minimum Gasteiger partial charge on any atom is -0.371 e. The summed E-state index contributed by atoms with van der Waals surface area (Å²) in [7, 11) is 0. The van der Waals surface area contributed by atoms with Crippen LogP contribution in [0.3, 0.4) is 0 Å². The lowest BCUT2D eigenvalue weighted by atomic mass is 10.0. The highest BCUT2D eigenvalue weighted by Gasteiger charge is 2.25. The zero-order valence-corrected chi connectivity index (χ0v) is 16.4. The van der Waals surface area contributed by atoms with Gasteiger partial charge in [-0.2, -0.15) is 5.10 Å². The van der Waals surface area contributed by atoms with E-state index in [1.165, 1.54) is 6.07 Å². The van der Waals surface area contributed by atoms with Crippen molar-refractivity contribution in [3.05, 3.63) is 58.8 Å². The predicted molar refractivity (Wildman–Crippen MR) is 106 cm³/mol. The van der Waals surface area contributed by atoms with Crippen molar-refractivity contribution in [3.63, 3.8) is 0 Å². The largest absolute Gasteiger partial charge is 0.371 e. The number of nitrogens with one attached hydrogen (secondary N) is 1. The summed E-state index contributed by atoms with van der Waals surface area (Å²) < 4.78 is 15.2. The van der Waals surface area contributed by atoms with Gasteiger partial charge in [0.2, 0.25) is 0 Å². The van der Waals surface area contributed by atoms with Gasteiger partial charge in [-0.25, -0.2) is 13.9 Å². The number of benzene rings is 1. The molecule has 3 aromatic rings. The van der Waals surface area contributed by atoms with Gasteiger partial charge in [0.15, 0.2) is 5.65 Å². The lowest BCUT2D eigenvalue weighted by Crippen LogP contribution is -2.44. The number of piperidine rings is 1. The molecule has 0 radical (unpaired) electrons. The van der Waals surface area contributed by atoms with Crippen molar-refractivity contribution in [2.75, 3.05) is 18.0 Å². The number of hydrogen-bond donors (Lipinski definition) is 1. The highest BCUT2D eigenvalue weighted by Crippen LogP contribution is 2.22. The second-order valence-electron chi connectivity index (χ2n) is 7.45. The third-order valence-electron chi connectivity index (χ3n) is 5.30. The summed E-state index contributed by atoms with van der Waals surface area (Å²) in [6, 6.07) is 8.68. The van der Waals surface area contributed by atoms with E-state index in [2.05, 4.69) is 20.3 Å². The molecule has 4 rings (SSSR count). The summed E-state index contributed by atoms with van der Waals surface area (Å²) in [5.41, 5.74) is 4.52. The standard InChI is InChI=1S/C21H24FN5O/c1-13-11-14(2)27-20(23-13)19(15(3)25-27)21(28)24-17-7-9-26(10-8-17)18-6-4-5-16(22)12-18/h4-6,11-12,17H,7-10H2,1-3H3,(H,24,28). The van der Waals surface area contributed by atoms with E-state index in [1.807, 2.05) is 32.9 Å². The SMILES string of the molecule is Cc1cc(C)n2nc(C)c(C(=O)NC3CCN(c4cccc(F)c4)CC3)c2n1. The Morgan fingerprint density at radius 2 is 1.93 bits per heavy atom. The van der Waals surface area contributed by atoms with E-state index in [1.54, 1.807) is 16.6 Å². The van der Waals surface area contributed by atoms with Gasteiger partial charge in [-0.15, -0.1) is 0 Å². The van der Waals surface area contributed by atoms with E-state index in [0.29, 0.717) is 16.9 Å². The Bertz CT molecular complexity index is 1040. The highest BCUT2D eigenvalue weighted by atomic mass is 19.1. The molecule has 0 aliphatic carbocycles. The van der Waals surface area contributed by atoms with Crippen molar-refractivity contribution in [2.24, 2.45) is 0 Å². The molecule has 1 N–H and O–H groups in total. The molecule has 1 amide bonds. The van der Waals surface area contributed by atoms with Gasteiger partial charge in [0.05, 0.1) is 5.69 Å². The molecule has 7 heteroatoms. The summed E-state index contributed by atoms with van der Waals surface area (Å²) in [6.45, 7) is 7.26. The number of amides is 1. The van der Waals surface area contributed by atoms with Crippen LogP contribution < -0.4 is 10.2 Å². The summed E-state index contributed by atoms with van der Waals surface area (Å²) in [6.07, 6.45) is 1.62. The van der Waals surface area contributed by atoms with Crippen LogP contribution in [0.4, 0.5) is 10.1 Å². The molecule has 1 aliphatic heterocycles. The van der Waals surface area contributed by atoms with E-state index < -0.39 is 0 Å². The van der Waals surface area contributed by atoms with Gasteiger partial charge in [0.1, 0.15) is 11.4 Å². The zero-order chi connectivity index (χ0) is 19.8. The number of hydrogen-bond acceptors (Lipinski definition) is 4. The first-order valence-electron chi connectivity index (χ1n) is 9.57. The van der Waals surface area contributed by atoms with Crippen LogP contribution in [0.25, 0.3) is 5.65 Å². The number of rotatable bonds is 3. The van der Waals surface area contributed by atoms with Gasteiger partial charge in [-0.3, -0.25) is 4.79 Å². The van der Waals surface area contributed by atoms with Crippen LogP contribution in [-0.2, 0) is 0 Å². The average molecular weight is 381 g/mol. The molecule has 1 fully saturated rings. The first kappa shape index (κ1) is 18.4. The van der Waals surface area contributed by atoms with Gasteiger partial charge in [0, 0.05) is 36.2 Å². The first-order valence-corrected chi connectivity index (χ1v) is 9.57. The Hall–Kier alpha value is -2.96. The van der Waals surface area contributed by atoms with Crippen LogP contribution >= 0.6 is 0 Å². The van der Waals surface area contributed by atoms with Crippen LogP contribution in [0, 0.1) is 26.6 Å². The third-order valence-corrected chi connectivity index (χ3v) is 5.30. The summed E-state index contributed by atoms with van der Waals surface area (Å²) in [5, 5.41) is 7.62. The maximum atomic E-state index is 13.5. The lowest BCUT2D eigenvalue weighted by Gasteiger charge is -2.34. The number of nitrogens with zero attached hydrogens (tertiary/aromatic N) is 4. The second-order valence-corrected chi connectivity index (χ2v) is 7.45. The number of aryl methyl sites for hydroxylation is 3. The molecule has 1 aliphatic rings. The van der Waals surface area contributed by atoms with Crippen molar-refractivity contribution in [2.45, 2.75) is 39.7 Å². The number of fused-ring (bicyclic) bond motifs is 1. The van der Waals surface area contributed by atoms with Crippen molar-refractivity contribution in [1.29, 1.82) is 0 Å². The smallest absolute Gasteiger partial charge is 0.257 e. The summed E-state index contributed by atoms with van der Waals surface area (Å²) in [5.74, 6) is -0.358. The normalized spacial score (nSPS) is 15.2. The van der Waals surface area contributed by atoms with Gasteiger partial charge in [-0.05, 0) is 57.9 Å². The van der Waals surface area contributed by atoms with Gasteiger partial charge < -0.3 is 10.2 Å². The highest BCUT2D eigenvalue weighted by molar-refractivity contribution is 6.01. The van der Waals surface area contributed by atoms with Gasteiger partial charge >= 0.3 is 0 Å². The Kier molecular flexibility index (Phi) is 4.75. The average Bonchev–Trinajstić information content (AvgIpc) is 2.98. The number of carbonyl (C=O) groups is 1. The monoisotopic (exact) mass is 381 g/mol. The van der Waals surface area contributed by atoms with Crippen LogP contribution in [0.2, 0.25) is 0 Å².